The van der Waals surface area contributed by atoms with Crippen LogP contribution in [0.1, 0.15) is 13.8 Å². The zero-order chi connectivity index (χ0) is 21.1. The van der Waals surface area contributed by atoms with Crippen molar-refractivity contribution in [1.82, 2.24) is 19.7 Å². The van der Waals surface area contributed by atoms with E-state index in [2.05, 4.69) is 10.2 Å². The van der Waals surface area contributed by atoms with Gasteiger partial charge in [0.2, 0.25) is 5.91 Å². The molecule has 4 rings (SSSR count). The summed E-state index contributed by atoms with van der Waals surface area (Å²) in [6, 6.07) is 15.8. The number of amides is 1. The molecular formula is C22H23FN4O2S. The molecule has 0 unspecified atom stereocenters. The van der Waals surface area contributed by atoms with E-state index in [4.69, 9.17) is 4.74 Å². The summed E-state index contributed by atoms with van der Waals surface area (Å²) >= 11 is 1.33. The lowest BCUT2D eigenvalue weighted by Crippen LogP contribution is -2.48. The van der Waals surface area contributed by atoms with Gasteiger partial charge in [-0.2, -0.15) is 0 Å². The molecule has 6 nitrogen and oxygen atoms in total. The number of ether oxygens (including phenoxy) is 1. The molecule has 1 fully saturated rings. The van der Waals surface area contributed by atoms with Crippen LogP contribution in [0.4, 0.5) is 4.39 Å². The minimum atomic E-state index is -0.312. The molecule has 1 aliphatic rings. The highest BCUT2D eigenvalue weighted by Crippen LogP contribution is 2.28. The first kappa shape index (κ1) is 20.6. The van der Waals surface area contributed by atoms with E-state index in [1.54, 1.807) is 12.1 Å². The second-order valence-corrected chi connectivity index (χ2v) is 8.27. The summed E-state index contributed by atoms with van der Waals surface area (Å²) in [5, 5.41) is 9.26. The van der Waals surface area contributed by atoms with Crippen molar-refractivity contribution in [2.45, 2.75) is 31.2 Å². The van der Waals surface area contributed by atoms with E-state index in [-0.39, 0.29) is 29.7 Å². The minimum Gasteiger partial charge on any atom is -0.372 e. The average Bonchev–Trinajstić information content (AvgIpc) is 3.16. The summed E-state index contributed by atoms with van der Waals surface area (Å²) in [5.74, 6) is 0.615. The number of halogens is 1. The molecule has 0 bridgehead atoms. The SMILES string of the molecule is C[C@@H]1CN(C(=O)CSc2nnc(-c3ccccc3)n2-c2ccc(F)cc2)C[C@H](C)O1. The van der Waals surface area contributed by atoms with E-state index in [1.165, 1.54) is 23.9 Å². The molecule has 1 amide bonds. The van der Waals surface area contributed by atoms with Gasteiger partial charge in [-0.15, -0.1) is 10.2 Å². The Kier molecular flexibility index (Phi) is 6.15. The lowest BCUT2D eigenvalue weighted by atomic mass is 10.2. The Labute approximate surface area is 179 Å². The number of hydrogen-bond donors (Lipinski definition) is 0. The van der Waals surface area contributed by atoms with Crippen LogP contribution in [-0.4, -0.2) is 56.6 Å². The Hall–Kier alpha value is -2.71. The average molecular weight is 427 g/mol. The third-order valence-corrected chi connectivity index (χ3v) is 5.76. The van der Waals surface area contributed by atoms with Crippen molar-refractivity contribution in [3.05, 3.63) is 60.4 Å². The highest BCUT2D eigenvalue weighted by molar-refractivity contribution is 7.99. The normalized spacial score (nSPS) is 19.1. The van der Waals surface area contributed by atoms with Gasteiger partial charge in [0.1, 0.15) is 5.82 Å². The van der Waals surface area contributed by atoms with E-state index in [9.17, 15) is 9.18 Å². The van der Waals surface area contributed by atoms with Crippen LogP contribution in [0.25, 0.3) is 17.1 Å². The number of aromatic nitrogens is 3. The van der Waals surface area contributed by atoms with Gasteiger partial charge in [0.05, 0.1) is 18.0 Å². The second kappa shape index (κ2) is 8.97. The predicted octanol–water partition coefficient (Wildman–Crippen LogP) is 3.80. The summed E-state index contributed by atoms with van der Waals surface area (Å²) in [6.07, 6.45) is 0.0468. The largest absolute Gasteiger partial charge is 0.372 e. The molecule has 156 valence electrons. The molecule has 2 aromatic carbocycles. The van der Waals surface area contributed by atoms with Gasteiger partial charge in [-0.05, 0) is 38.1 Å². The van der Waals surface area contributed by atoms with Crippen LogP contribution < -0.4 is 0 Å². The fourth-order valence-electron chi connectivity index (χ4n) is 3.56. The molecule has 1 aliphatic heterocycles. The number of morpholine rings is 1. The molecule has 0 spiro atoms. The number of carbonyl (C=O) groups is 1. The van der Waals surface area contributed by atoms with Crippen molar-refractivity contribution in [2.24, 2.45) is 0 Å². The van der Waals surface area contributed by atoms with E-state index >= 15 is 0 Å². The van der Waals surface area contributed by atoms with Crippen molar-refractivity contribution >= 4 is 17.7 Å². The van der Waals surface area contributed by atoms with E-state index < -0.39 is 0 Å². The molecule has 1 aromatic heterocycles. The zero-order valence-corrected chi connectivity index (χ0v) is 17.7. The van der Waals surface area contributed by atoms with Crippen LogP contribution in [0.3, 0.4) is 0 Å². The van der Waals surface area contributed by atoms with Gasteiger partial charge < -0.3 is 9.64 Å². The maximum atomic E-state index is 13.5. The maximum Gasteiger partial charge on any atom is 0.233 e. The van der Waals surface area contributed by atoms with Crippen molar-refractivity contribution in [3.8, 4) is 17.1 Å². The first-order valence-electron chi connectivity index (χ1n) is 9.84. The van der Waals surface area contributed by atoms with E-state index in [0.717, 1.165) is 11.3 Å². The topological polar surface area (TPSA) is 60.2 Å². The molecule has 2 atom stereocenters. The number of hydrogen-bond acceptors (Lipinski definition) is 5. The third kappa shape index (κ3) is 4.55. The Balaban J connectivity index is 1.59. The van der Waals surface area contributed by atoms with Crippen molar-refractivity contribution < 1.29 is 13.9 Å². The maximum absolute atomic E-state index is 13.5. The standard InChI is InChI=1S/C22H23FN4O2S/c1-15-12-26(13-16(2)29-15)20(28)14-30-22-25-24-21(17-6-4-3-5-7-17)27(22)19-10-8-18(23)9-11-19/h3-11,15-16H,12-14H2,1-2H3/t15-,16+. The van der Waals surface area contributed by atoms with Gasteiger partial charge in [0.25, 0.3) is 0 Å². The minimum absolute atomic E-state index is 0.0234. The van der Waals surface area contributed by atoms with Crippen LogP contribution in [0.5, 0.6) is 0 Å². The fraction of sp³-hybridized carbons (Fsp3) is 0.318. The van der Waals surface area contributed by atoms with Crippen molar-refractivity contribution in [1.29, 1.82) is 0 Å². The fourth-order valence-corrected chi connectivity index (χ4v) is 4.41. The van der Waals surface area contributed by atoms with Gasteiger partial charge in [0.15, 0.2) is 11.0 Å². The van der Waals surface area contributed by atoms with Crippen LogP contribution in [0.15, 0.2) is 59.8 Å². The second-order valence-electron chi connectivity index (χ2n) is 7.33. The lowest BCUT2D eigenvalue weighted by Gasteiger charge is -2.35. The molecule has 0 aliphatic carbocycles. The van der Waals surface area contributed by atoms with Gasteiger partial charge in [0, 0.05) is 24.3 Å². The Morgan fingerprint density at radius 1 is 1.07 bits per heavy atom. The monoisotopic (exact) mass is 426 g/mol. The third-order valence-electron chi connectivity index (χ3n) is 4.85. The summed E-state index contributed by atoms with van der Waals surface area (Å²) in [7, 11) is 0. The number of thioether (sulfide) groups is 1. The quantitative estimate of drug-likeness (QED) is 0.581. The predicted molar refractivity (Wildman–Crippen MR) is 114 cm³/mol. The summed E-state index contributed by atoms with van der Waals surface area (Å²) in [6.45, 7) is 5.12. The molecular weight excluding hydrogens is 403 g/mol. The van der Waals surface area contributed by atoms with E-state index in [0.29, 0.717) is 24.1 Å². The highest BCUT2D eigenvalue weighted by atomic mass is 32.2. The first-order chi connectivity index (χ1) is 14.5. The summed E-state index contributed by atoms with van der Waals surface area (Å²) in [5.41, 5.74) is 1.63. The Bertz CT molecular complexity index is 1000. The molecule has 0 radical (unpaired) electrons. The number of rotatable bonds is 5. The first-order valence-corrected chi connectivity index (χ1v) is 10.8. The summed E-state index contributed by atoms with van der Waals surface area (Å²) < 4.78 is 21.0. The van der Waals surface area contributed by atoms with Gasteiger partial charge in [-0.25, -0.2) is 4.39 Å². The van der Waals surface area contributed by atoms with Crippen molar-refractivity contribution in [3.63, 3.8) is 0 Å². The van der Waals surface area contributed by atoms with Crippen LogP contribution >= 0.6 is 11.8 Å². The van der Waals surface area contributed by atoms with Crippen LogP contribution in [0, 0.1) is 5.82 Å². The molecule has 2 heterocycles. The molecule has 0 saturated carbocycles. The molecule has 30 heavy (non-hydrogen) atoms. The zero-order valence-electron chi connectivity index (χ0n) is 16.9. The number of benzene rings is 2. The van der Waals surface area contributed by atoms with Gasteiger partial charge in [-0.1, -0.05) is 42.1 Å². The van der Waals surface area contributed by atoms with Crippen LogP contribution in [0.2, 0.25) is 0 Å². The summed E-state index contributed by atoms with van der Waals surface area (Å²) in [4.78, 5) is 14.6. The highest BCUT2D eigenvalue weighted by Gasteiger charge is 2.26. The molecule has 3 aromatic rings. The van der Waals surface area contributed by atoms with Gasteiger partial charge >= 0.3 is 0 Å². The van der Waals surface area contributed by atoms with Crippen LogP contribution in [-0.2, 0) is 9.53 Å². The molecule has 1 saturated heterocycles. The molecule has 8 heteroatoms. The van der Waals surface area contributed by atoms with Gasteiger partial charge in [-0.3, -0.25) is 9.36 Å². The number of carbonyl (C=O) groups excluding carboxylic acids is 1. The molecule has 0 N–H and O–H groups in total. The Morgan fingerprint density at radius 2 is 1.73 bits per heavy atom. The number of nitrogens with zero attached hydrogens (tertiary/aromatic N) is 4. The van der Waals surface area contributed by atoms with Crippen molar-refractivity contribution in [2.75, 3.05) is 18.8 Å². The lowest BCUT2D eigenvalue weighted by molar-refractivity contribution is -0.140. The Morgan fingerprint density at radius 3 is 2.40 bits per heavy atom. The smallest absolute Gasteiger partial charge is 0.233 e. The van der Waals surface area contributed by atoms with E-state index in [1.807, 2.05) is 53.6 Å².